The number of benzene rings is 1. The largest absolute Gasteiger partial charge is 0.503 e. The second-order valence-electron chi connectivity index (χ2n) is 3.84. The summed E-state index contributed by atoms with van der Waals surface area (Å²) in [5.41, 5.74) is 0.157. The van der Waals surface area contributed by atoms with Crippen molar-refractivity contribution >= 4 is 46.4 Å². The molecule has 0 saturated carbocycles. The van der Waals surface area contributed by atoms with Crippen LogP contribution < -0.4 is 0 Å². The molecular weight excluding hydrogens is 336 g/mol. The van der Waals surface area contributed by atoms with Crippen molar-refractivity contribution in [3.63, 3.8) is 0 Å². The lowest BCUT2D eigenvalue weighted by Gasteiger charge is -2.09. The molecule has 1 heterocycles. The zero-order valence-corrected chi connectivity index (χ0v) is 12.8. The van der Waals surface area contributed by atoms with E-state index in [1.54, 1.807) is 6.92 Å². The summed E-state index contributed by atoms with van der Waals surface area (Å²) in [6, 6.07) is 1.91. The molecule has 22 heavy (non-hydrogen) atoms. The first kappa shape index (κ1) is 18.0. The SMILES string of the molecule is CCN1C(=O)/C(=C/c2cc(F)c(O)c(F)c2)SC1=S.O=C=O. The molecular formula is C13H9F2NO4S2. The predicted molar refractivity (Wildman–Crippen MR) is 78.6 cm³/mol. The van der Waals surface area contributed by atoms with Crippen LogP contribution in [0, 0.1) is 11.6 Å². The number of aromatic hydroxyl groups is 1. The number of phenolic OH excluding ortho intramolecular Hbond substituents is 1. The summed E-state index contributed by atoms with van der Waals surface area (Å²) < 4.78 is 26.8. The third-order valence-corrected chi connectivity index (χ3v) is 3.90. The summed E-state index contributed by atoms with van der Waals surface area (Å²) in [4.78, 5) is 29.9. The Balaban J connectivity index is 0.000000745. The highest BCUT2D eigenvalue weighted by Crippen LogP contribution is 2.33. The second-order valence-corrected chi connectivity index (χ2v) is 5.52. The molecule has 1 aromatic carbocycles. The molecule has 0 atom stereocenters. The van der Waals surface area contributed by atoms with Crippen molar-refractivity contribution in [1.29, 1.82) is 0 Å². The first-order chi connectivity index (χ1) is 10.3. The number of carbonyl (C=O) groups excluding carboxylic acids is 3. The molecule has 1 saturated heterocycles. The van der Waals surface area contributed by atoms with Gasteiger partial charge in [0.1, 0.15) is 4.32 Å². The number of amides is 1. The highest BCUT2D eigenvalue weighted by Gasteiger charge is 2.30. The van der Waals surface area contributed by atoms with E-state index in [4.69, 9.17) is 26.9 Å². The Morgan fingerprint density at radius 2 is 1.86 bits per heavy atom. The van der Waals surface area contributed by atoms with Crippen LogP contribution in [0.3, 0.4) is 0 Å². The van der Waals surface area contributed by atoms with Gasteiger partial charge in [0.05, 0.1) is 4.91 Å². The van der Waals surface area contributed by atoms with E-state index in [2.05, 4.69) is 0 Å². The molecule has 2 rings (SSSR count). The van der Waals surface area contributed by atoms with Crippen LogP contribution in [0.5, 0.6) is 5.75 Å². The summed E-state index contributed by atoms with van der Waals surface area (Å²) >= 11 is 6.10. The van der Waals surface area contributed by atoms with Crippen LogP contribution in [0.2, 0.25) is 0 Å². The zero-order chi connectivity index (χ0) is 16.9. The van der Waals surface area contributed by atoms with E-state index >= 15 is 0 Å². The van der Waals surface area contributed by atoms with Gasteiger partial charge in [-0.1, -0.05) is 24.0 Å². The van der Waals surface area contributed by atoms with Crippen molar-refractivity contribution in [1.82, 2.24) is 4.90 Å². The Morgan fingerprint density at radius 1 is 1.36 bits per heavy atom. The number of nitrogens with zero attached hydrogens (tertiary/aromatic N) is 1. The van der Waals surface area contributed by atoms with Crippen molar-refractivity contribution < 1.29 is 28.3 Å². The van der Waals surface area contributed by atoms with E-state index in [9.17, 15) is 13.6 Å². The van der Waals surface area contributed by atoms with Crippen molar-refractivity contribution in [2.45, 2.75) is 6.92 Å². The number of thioether (sulfide) groups is 1. The fourth-order valence-corrected chi connectivity index (χ4v) is 2.98. The molecule has 1 aromatic rings. The van der Waals surface area contributed by atoms with Crippen LogP contribution in [-0.2, 0) is 14.4 Å². The third-order valence-electron chi connectivity index (χ3n) is 2.53. The maximum absolute atomic E-state index is 13.2. The molecule has 1 fully saturated rings. The van der Waals surface area contributed by atoms with Crippen LogP contribution in [0.4, 0.5) is 8.78 Å². The number of phenols is 1. The van der Waals surface area contributed by atoms with E-state index in [0.29, 0.717) is 15.8 Å². The van der Waals surface area contributed by atoms with Crippen LogP contribution in [0.15, 0.2) is 17.0 Å². The molecule has 0 unspecified atom stereocenters. The zero-order valence-electron chi connectivity index (χ0n) is 11.1. The standard InChI is InChI=1S/C12H9F2NO2S2.CO2/c1-2-15-11(17)9(19-12(15)18)5-6-3-7(13)10(16)8(14)4-6;2-1-3/h3-5,16H,2H2,1H3;/b9-5-;. The highest BCUT2D eigenvalue weighted by molar-refractivity contribution is 8.26. The smallest absolute Gasteiger partial charge is 0.373 e. The Bertz CT molecular complexity index is 662. The molecule has 0 aromatic heterocycles. The van der Waals surface area contributed by atoms with Gasteiger partial charge in [-0.2, -0.15) is 9.59 Å². The predicted octanol–water partition coefficient (Wildman–Crippen LogP) is 2.31. The lowest BCUT2D eigenvalue weighted by atomic mass is 10.2. The minimum absolute atomic E-state index is 0.157. The molecule has 9 heteroatoms. The first-order valence-corrected chi connectivity index (χ1v) is 7.00. The molecule has 1 aliphatic rings. The van der Waals surface area contributed by atoms with Gasteiger partial charge in [0, 0.05) is 6.54 Å². The lowest BCUT2D eigenvalue weighted by molar-refractivity contribution is -0.191. The normalized spacial score (nSPS) is 15.6. The molecule has 0 radical (unpaired) electrons. The average molecular weight is 345 g/mol. The number of hydrogen-bond acceptors (Lipinski definition) is 6. The molecule has 1 amide bonds. The van der Waals surface area contributed by atoms with E-state index in [1.165, 1.54) is 11.0 Å². The monoisotopic (exact) mass is 345 g/mol. The summed E-state index contributed by atoms with van der Waals surface area (Å²) in [7, 11) is 0. The maximum atomic E-state index is 13.2. The summed E-state index contributed by atoms with van der Waals surface area (Å²) in [5.74, 6) is -3.46. The van der Waals surface area contributed by atoms with Gasteiger partial charge in [-0.15, -0.1) is 0 Å². The van der Waals surface area contributed by atoms with E-state index < -0.39 is 17.4 Å². The minimum atomic E-state index is -1.07. The third kappa shape index (κ3) is 3.97. The molecule has 1 N–H and O–H groups in total. The Hall–Kier alpha value is -2.09. The first-order valence-electron chi connectivity index (χ1n) is 5.78. The van der Waals surface area contributed by atoms with Gasteiger partial charge >= 0.3 is 6.15 Å². The minimum Gasteiger partial charge on any atom is -0.503 e. The molecule has 116 valence electrons. The van der Waals surface area contributed by atoms with Gasteiger partial charge < -0.3 is 5.11 Å². The fraction of sp³-hybridized carbons (Fsp3) is 0.154. The van der Waals surface area contributed by atoms with Crippen LogP contribution in [0.25, 0.3) is 6.08 Å². The van der Waals surface area contributed by atoms with Gasteiger partial charge in [-0.05, 0) is 30.7 Å². The fourth-order valence-electron chi connectivity index (χ4n) is 1.59. The maximum Gasteiger partial charge on any atom is 0.373 e. The van der Waals surface area contributed by atoms with Gasteiger partial charge in [-0.3, -0.25) is 9.69 Å². The van der Waals surface area contributed by atoms with E-state index in [-0.39, 0.29) is 17.6 Å². The molecule has 0 aliphatic carbocycles. The van der Waals surface area contributed by atoms with Gasteiger partial charge in [0.25, 0.3) is 5.91 Å². The number of hydrogen-bond donors (Lipinski definition) is 1. The molecule has 0 spiro atoms. The lowest BCUT2D eigenvalue weighted by Crippen LogP contribution is -2.27. The quantitative estimate of drug-likeness (QED) is 0.655. The van der Waals surface area contributed by atoms with Crippen LogP contribution in [-0.4, -0.2) is 32.9 Å². The number of likely N-dealkylation sites (N-methyl/N-ethyl adjacent to an activating group) is 1. The Kier molecular flexibility index (Phi) is 6.36. The number of rotatable bonds is 2. The number of halogens is 2. The average Bonchev–Trinajstić information content (AvgIpc) is 2.71. The Labute approximate surface area is 133 Å². The van der Waals surface area contributed by atoms with Crippen molar-refractivity contribution in [2.24, 2.45) is 0 Å². The van der Waals surface area contributed by atoms with Crippen LogP contribution >= 0.6 is 24.0 Å². The van der Waals surface area contributed by atoms with E-state index in [1.807, 2.05) is 0 Å². The summed E-state index contributed by atoms with van der Waals surface area (Å²) in [5, 5.41) is 8.99. The molecule has 0 bridgehead atoms. The van der Waals surface area contributed by atoms with E-state index in [0.717, 1.165) is 23.9 Å². The van der Waals surface area contributed by atoms with Gasteiger partial charge in [0.15, 0.2) is 17.4 Å². The summed E-state index contributed by atoms with van der Waals surface area (Å²) in [6.07, 6.45) is 1.60. The van der Waals surface area contributed by atoms with Gasteiger partial charge in [0.2, 0.25) is 0 Å². The van der Waals surface area contributed by atoms with Crippen molar-refractivity contribution in [3.8, 4) is 5.75 Å². The van der Waals surface area contributed by atoms with Crippen molar-refractivity contribution in [3.05, 3.63) is 34.2 Å². The summed E-state index contributed by atoms with van der Waals surface area (Å²) in [6.45, 7) is 2.23. The van der Waals surface area contributed by atoms with Crippen LogP contribution in [0.1, 0.15) is 12.5 Å². The Morgan fingerprint density at radius 3 is 2.27 bits per heavy atom. The van der Waals surface area contributed by atoms with Crippen molar-refractivity contribution in [2.75, 3.05) is 6.54 Å². The number of thiocarbonyl (C=S) groups is 1. The molecule has 1 aliphatic heterocycles. The number of carbonyl (C=O) groups is 1. The topological polar surface area (TPSA) is 74.7 Å². The van der Waals surface area contributed by atoms with Gasteiger partial charge in [-0.25, -0.2) is 8.78 Å². The highest BCUT2D eigenvalue weighted by atomic mass is 32.2. The molecule has 5 nitrogen and oxygen atoms in total. The second kappa shape index (κ2) is 7.79.